The van der Waals surface area contributed by atoms with Crippen molar-refractivity contribution in [2.45, 2.75) is 31.2 Å². The van der Waals surface area contributed by atoms with Crippen molar-refractivity contribution in [3.63, 3.8) is 0 Å². The summed E-state index contributed by atoms with van der Waals surface area (Å²) >= 11 is 3.56. The molecule has 0 spiro atoms. The van der Waals surface area contributed by atoms with Gasteiger partial charge >= 0.3 is 11.8 Å². The van der Waals surface area contributed by atoms with E-state index in [-0.39, 0.29) is 11.8 Å². The summed E-state index contributed by atoms with van der Waals surface area (Å²) in [4.78, 5) is 22.7. The lowest BCUT2D eigenvalue weighted by atomic mass is 9.99. The Morgan fingerprint density at radius 1 is 1.31 bits per heavy atom. The molecule has 1 atom stereocenters. The second-order valence-corrected chi connectivity index (χ2v) is 8.25. The number of imidazole rings is 1. The highest BCUT2D eigenvalue weighted by Crippen LogP contribution is 2.40. The van der Waals surface area contributed by atoms with Crippen LogP contribution in [-0.2, 0) is 6.42 Å². The number of rotatable bonds is 3. The summed E-state index contributed by atoms with van der Waals surface area (Å²) < 4.78 is 8.40. The van der Waals surface area contributed by atoms with Gasteiger partial charge in [0.25, 0.3) is 0 Å². The van der Waals surface area contributed by atoms with Crippen LogP contribution in [-0.4, -0.2) is 47.1 Å². The first kappa shape index (κ1) is 16.9. The highest BCUT2D eigenvalue weighted by molar-refractivity contribution is 9.10. The van der Waals surface area contributed by atoms with E-state index in [0.717, 1.165) is 39.9 Å². The SMILES string of the molecule is O=C(c1nnc(C2CC2)o1)N1CCc2[nH]cnc2[C@@H]1c1cc2c(Br)cccn2n1. The second-order valence-electron chi connectivity index (χ2n) is 7.39. The minimum atomic E-state index is -0.430. The van der Waals surface area contributed by atoms with Gasteiger partial charge in [0, 0.05) is 35.2 Å². The fraction of sp³-hybridized carbons (Fsp3) is 0.316. The summed E-state index contributed by atoms with van der Waals surface area (Å²) in [5.74, 6) is 0.592. The fourth-order valence-corrected chi connectivity index (χ4v) is 4.32. The second kappa shape index (κ2) is 6.24. The number of hydrogen-bond donors (Lipinski definition) is 1. The molecule has 1 amide bonds. The molecular weight excluding hydrogens is 438 g/mol. The van der Waals surface area contributed by atoms with Gasteiger partial charge in [-0.1, -0.05) is 0 Å². The molecule has 4 aromatic heterocycles. The van der Waals surface area contributed by atoms with Gasteiger partial charge in [0.15, 0.2) is 0 Å². The first-order valence-electron chi connectivity index (χ1n) is 9.49. The molecule has 1 aliphatic carbocycles. The highest BCUT2D eigenvalue weighted by Gasteiger charge is 2.39. The number of amides is 1. The van der Waals surface area contributed by atoms with Gasteiger partial charge in [0.05, 0.1) is 23.2 Å². The highest BCUT2D eigenvalue weighted by atomic mass is 79.9. The van der Waals surface area contributed by atoms with Crippen molar-refractivity contribution in [1.29, 1.82) is 0 Å². The van der Waals surface area contributed by atoms with Gasteiger partial charge in [-0.15, -0.1) is 10.2 Å². The summed E-state index contributed by atoms with van der Waals surface area (Å²) in [6.45, 7) is 0.509. The molecule has 1 aliphatic heterocycles. The van der Waals surface area contributed by atoms with Crippen LogP contribution < -0.4 is 0 Å². The Morgan fingerprint density at radius 2 is 2.21 bits per heavy atom. The van der Waals surface area contributed by atoms with E-state index in [9.17, 15) is 4.79 Å². The molecule has 2 aliphatic rings. The smallest absolute Gasteiger partial charge is 0.312 e. The van der Waals surface area contributed by atoms with Crippen LogP contribution in [0.1, 0.15) is 58.5 Å². The molecule has 29 heavy (non-hydrogen) atoms. The predicted molar refractivity (Wildman–Crippen MR) is 104 cm³/mol. The number of H-pyrrole nitrogens is 1. The van der Waals surface area contributed by atoms with Gasteiger partial charge in [-0.2, -0.15) is 5.10 Å². The molecule has 146 valence electrons. The first-order valence-corrected chi connectivity index (χ1v) is 10.3. The van der Waals surface area contributed by atoms with E-state index in [0.29, 0.717) is 24.8 Å². The zero-order valence-electron chi connectivity index (χ0n) is 15.2. The summed E-state index contributed by atoms with van der Waals surface area (Å²) in [5, 5.41) is 12.8. The average Bonchev–Trinajstić information content (AvgIpc) is 3.13. The van der Waals surface area contributed by atoms with E-state index in [2.05, 4.69) is 36.1 Å². The van der Waals surface area contributed by atoms with Crippen molar-refractivity contribution in [3.05, 3.63) is 64.1 Å². The number of aromatic nitrogens is 6. The molecule has 5 heterocycles. The number of nitrogens with one attached hydrogen (secondary N) is 1. The summed E-state index contributed by atoms with van der Waals surface area (Å²) in [5.41, 5.74) is 3.47. The predicted octanol–water partition coefficient (Wildman–Crippen LogP) is 2.87. The zero-order chi connectivity index (χ0) is 19.5. The Labute approximate surface area is 173 Å². The number of hydrogen-bond acceptors (Lipinski definition) is 6. The number of pyridine rings is 1. The molecule has 0 saturated heterocycles. The number of aromatic amines is 1. The van der Waals surface area contributed by atoms with Crippen LogP contribution in [0.2, 0.25) is 0 Å². The lowest BCUT2D eigenvalue weighted by molar-refractivity contribution is 0.0644. The molecule has 10 heteroatoms. The normalized spacial score (nSPS) is 18.9. The molecule has 0 unspecified atom stereocenters. The van der Waals surface area contributed by atoms with Crippen molar-refractivity contribution in [2.24, 2.45) is 0 Å². The third-order valence-corrected chi connectivity index (χ3v) is 6.16. The maximum Gasteiger partial charge on any atom is 0.312 e. The number of nitrogens with zero attached hydrogens (tertiary/aromatic N) is 6. The summed E-state index contributed by atoms with van der Waals surface area (Å²) in [6, 6.07) is 5.42. The van der Waals surface area contributed by atoms with Crippen LogP contribution >= 0.6 is 15.9 Å². The molecule has 9 nitrogen and oxygen atoms in total. The third-order valence-electron chi connectivity index (χ3n) is 5.49. The van der Waals surface area contributed by atoms with E-state index < -0.39 is 6.04 Å². The Bertz CT molecular complexity index is 1240. The van der Waals surface area contributed by atoms with E-state index >= 15 is 0 Å². The van der Waals surface area contributed by atoms with Crippen molar-refractivity contribution >= 4 is 27.4 Å². The van der Waals surface area contributed by atoms with E-state index in [1.807, 2.05) is 24.4 Å². The zero-order valence-corrected chi connectivity index (χ0v) is 16.8. The number of carbonyl (C=O) groups excluding carboxylic acids is 1. The first-order chi connectivity index (χ1) is 14.2. The van der Waals surface area contributed by atoms with Gasteiger partial charge in [0.2, 0.25) is 5.89 Å². The molecular formula is C19H16BrN7O2. The standard InChI is InChI=1S/C19H16BrN7O2/c20-11-2-1-6-27-14(11)8-13(25-27)16-15-12(21-9-22-15)5-7-26(16)19(28)18-24-23-17(29-18)10-3-4-10/h1-2,6,8-10,16H,3-5,7H2,(H,21,22)/t16-/m0/s1. The van der Waals surface area contributed by atoms with Gasteiger partial charge in [-0.25, -0.2) is 9.50 Å². The molecule has 0 bridgehead atoms. The van der Waals surface area contributed by atoms with Crippen molar-refractivity contribution in [1.82, 2.24) is 34.7 Å². The molecule has 1 N–H and O–H groups in total. The fourth-order valence-electron chi connectivity index (χ4n) is 3.87. The monoisotopic (exact) mass is 453 g/mol. The van der Waals surface area contributed by atoms with Crippen molar-refractivity contribution in [2.75, 3.05) is 6.54 Å². The Balaban J connectivity index is 1.44. The van der Waals surface area contributed by atoms with Gasteiger partial charge < -0.3 is 14.3 Å². The van der Waals surface area contributed by atoms with Crippen LogP contribution in [0.5, 0.6) is 0 Å². The van der Waals surface area contributed by atoms with Crippen LogP contribution in [0, 0.1) is 0 Å². The Kier molecular flexibility index (Phi) is 3.64. The quantitative estimate of drug-likeness (QED) is 0.511. The number of carbonyl (C=O) groups is 1. The maximum absolute atomic E-state index is 13.3. The van der Waals surface area contributed by atoms with Crippen LogP contribution in [0.15, 0.2) is 39.6 Å². The summed E-state index contributed by atoms with van der Waals surface area (Å²) in [7, 11) is 0. The minimum absolute atomic E-state index is 0.0285. The van der Waals surface area contributed by atoms with Crippen LogP contribution in [0.4, 0.5) is 0 Å². The molecule has 0 radical (unpaired) electrons. The van der Waals surface area contributed by atoms with E-state index in [1.165, 1.54) is 0 Å². The third kappa shape index (κ3) is 2.70. The number of halogens is 1. The van der Waals surface area contributed by atoms with E-state index in [1.54, 1.807) is 15.7 Å². The number of fused-ring (bicyclic) bond motifs is 2. The van der Waals surface area contributed by atoms with Gasteiger partial charge in [-0.05, 0) is 47.0 Å². The summed E-state index contributed by atoms with van der Waals surface area (Å²) in [6.07, 6.45) is 6.29. The molecule has 0 aromatic carbocycles. The van der Waals surface area contributed by atoms with Crippen molar-refractivity contribution in [3.8, 4) is 0 Å². The molecule has 6 rings (SSSR count). The molecule has 1 saturated carbocycles. The topological polar surface area (TPSA) is 105 Å². The van der Waals surface area contributed by atoms with Gasteiger partial charge in [0.1, 0.15) is 6.04 Å². The Hall–Kier alpha value is -3.01. The largest absolute Gasteiger partial charge is 0.417 e. The molecule has 1 fully saturated rings. The lowest BCUT2D eigenvalue weighted by Gasteiger charge is -2.32. The molecule has 4 aromatic rings. The van der Waals surface area contributed by atoms with Crippen LogP contribution in [0.3, 0.4) is 0 Å². The van der Waals surface area contributed by atoms with E-state index in [4.69, 9.17) is 9.52 Å². The van der Waals surface area contributed by atoms with Crippen LogP contribution in [0.25, 0.3) is 5.52 Å². The average molecular weight is 454 g/mol. The maximum atomic E-state index is 13.3. The Morgan fingerprint density at radius 3 is 3.03 bits per heavy atom. The lowest BCUT2D eigenvalue weighted by Crippen LogP contribution is -2.41. The minimum Gasteiger partial charge on any atom is -0.417 e. The van der Waals surface area contributed by atoms with Crippen molar-refractivity contribution < 1.29 is 9.21 Å². The van der Waals surface area contributed by atoms with Gasteiger partial charge in [-0.3, -0.25) is 4.79 Å².